The van der Waals surface area contributed by atoms with Crippen LogP contribution >= 0.6 is 0 Å². The Labute approximate surface area is 63.6 Å². The summed E-state index contributed by atoms with van der Waals surface area (Å²) in [6.45, 7) is 8.35. The number of hydrogen-bond donors (Lipinski definition) is 0. The summed E-state index contributed by atoms with van der Waals surface area (Å²) in [5.41, 5.74) is 3.04. The molecule has 1 unspecified atom stereocenters. The van der Waals surface area contributed by atoms with Crippen LogP contribution in [0.25, 0.3) is 0 Å². The maximum Gasteiger partial charge on any atom is -0.0191 e. The lowest BCUT2D eigenvalue weighted by molar-refractivity contribution is 0.546. The van der Waals surface area contributed by atoms with Gasteiger partial charge in [0.15, 0.2) is 0 Å². The van der Waals surface area contributed by atoms with Crippen molar-refractivity contribution in [3.8, 4) is 0 Å². The first kappa shape index (κ1) is 7.59. The highest BCUT2D eigenvalue weighted by atomic mass is 14.2. The lowest BCUT2D eigenvalue weighted by Gasteiger charge is -2.21. The first-order chi connectivity index (χ1) is 4.75. The molecule has 0 heterocycles. The van der Waals surface area contributed by atoms with E-state index >= 15 is 0 Å². The van der Waals surface area contributed by atoms with Crippen LogP contribution in [0.3, 0.4) is 0 Å². The van der Waals surface area contributed by atoms with Gasteiger partial charge in [-0.15, -0.1) is 0 Å². The summed E-state index contributed by atoms with van der Waals surface area (Å²) in [5, 5.41) is 0. The van der Waals surface area contributed by atoms with Crippen molar-refractivity contribution in [1.82, 2.24) is 0 Å². The van der Waals surface area contributed by atoms with E-state index in [1.165, 1.54) is 24.8 Å². The molecule has 0 fully saturated rings. The van der Waals surface area contributed by atoms with Gasteiger partial charge < -0.3 is 0 Å². The van der Waals surface area contributed by atoms with Crippen molar-refractivity contribution in [2.75, 3.05) is 0 Å². The molecule has 0 heteroatoms. The van der Waals surface area contributed by atoms with Crippen LogP contribution in [0.5, 0.6) is 0 Å². The van der Waals surface area contributed by atoms with Crippen molar-refractivity contribution in [2.24, 2.45) is 5.92 Å². The van der Waals surface area contributed by atoms with Gasteiger partial charge in [0.05, 0.1) is 0 Å². The Kier molecular flexibility index (Phi) is 2.31. The minimum absolute atomic E-state index is 0.756. The second-order valence-electron chi connectivity index (χ2n) is 3.23. The van der Waals surface area contributed by atoms with E-state index in [4.69, 9.17) is 0 Å². The van der Waals surface area contributed by atoms with Crippen molar-refractivity contribution in [2.45, 2.75) is 33.1 Å². The third-order valence-corrected chi connectivity index (χ3v) is 2.43. The molecular formula is C10H16. The highest BCUT2D eigenvalue weighted by molar-refractivity contribution is 5.26. The van der Waals surface area contributed by atoms with E-state index in [2.05, 4.69) is 20.4 Å². The zero-order valence-corrected chi connectivity index (χ0v) is 6.98. The van der Waals surface area contributed by atoms with E-state index in [-0.39, 0.29) is 0 Å². The van der Waals surface area contributed by atoms with Gasteiger partial charge in [-0.1, -0.05) is 25.2 Å². The van der Waals surface area contributed by atoms with Crippen LogP contribution in [0.4, 0.5) is 0 Å². The van der Waals surface area contributed by atoms with Crippen molar-refractivity contribution in [3.63, 3.8) is 0 Å². The largest absolute Gasteiger partial charge is 0.0988 e. The average Bonchev–Trinajstić information content (AvgIpc) is 1.88. The van der Waals surface area contributed by atoms with Crippen LogP contribution in [0.1, 0.15) is 33.1 Å². The molecule has 1 rings (SSSR count). The van der Waals surface area contributed by atoms with Crippen LogP contribution in [0, 0.1) is 5.92 Å². The summed E-state index contributed by atoms with van der Waals surface area (Å²) < 4.78 is 0. The Morgan fingerprint density at radius 1 is 1.60 bits per heavy atom. The minimum atomic E-state index is 0.756. The van der Waals surface area contributed by atoms with Crippen LogP contribution in [0.2, 0.25) is 0 Å². The molecule has 1 atom stereocenters. The highest BCUT2D eigenvalue weighted by Gasteiger charge is 2.13. The smallest absolute Gasteiger partial charge is 0.0191 e. The van der Waals surface area contributed by atoms with E-state index < -0.39 is 0 Å². The predicted molar refractivity (Wildman–Crippen MR) is 45.9 cm³/mol. The molecule has 0 amide bonds. The lowest BCUT2D eigenvalue weighted by atomic mass is 9.85. The maximum absolute atomic E-state index is 3.83. The van der Waals surface area contributed by atoms with Crippen LogP contribution in [-0.4, -0.2) is 0 Å². The Hall–Kier alpha value is -0.520. The molecule has 0 bridgehead atoms. The monoisotopic (exact) mass is 136 g/mol. The fraction of sp³-hybridized carbons (Fsp3) is 0.600. The third-order valence-electron chi connectivity index (χ3n) is 2.43. The molecular weight excluding hydrogens is 120 g/mol. The molecule has 56 valence electrons. The molecule has 0 saturated heterocycles. The van der Waals surface area contributed by atoms with Gasteiger partial charge in [-0.3, -0.25) is 0 Å². The molecule has 0 aromatic rings. The van der Waals surface area contributed by atoms with Gasteiger partial charge in [-0.25, -0.2) is 0 Å². The Morgan fingerprint density at radius 3 is 2.70 bits per heavy atom. The van der Waals surface area contributed by atoms with Crippen molar-refractivity contribution in [1.29, 1.82) is 0 Å². The maximum atomic E-state index is 3.83. The zero-order chi connectivity index (χ0) is 7.56. The molecule has 0 N–H and O–H groups in total. The summed E-state index contributed by atoms with van der Waals surface area (Å²) in [5.74, 6) is 0.756. The third kappa shape index (κ3) is 1.31. The fourth-order valence-corrected chi connectivity index (χ4v) is 1.77. The summed E-state index contributed by atoms with van der Waals surface area (Å²) in [6.07, 6.45) is 6.02. The standard InChI is InChI=1S/C10H16/c1-4-10-8(2)6-5-7-9(10)3/h4,8H,1,5-7H2,2-3H3. The van der Waals surface area contributed by atoms with Crippen LogP contribution in [-0.2, 0) is 0 Å². The Bertz CT molecular complexity index is 163. The topological polar surface area (TPSA) is 0 Å². The lowest BCUT2D eigenvalue weighted by Crippen LogP contribution is -2.05. The molecule has 0 aliphatic heterocycles. The quantitative estimate of drug-likeness (QED) is 0.518. The molecule has 1 aliphatic carbocycles. The normalized spacial score (nSPS) is 26.8. The second kappa shape index (κ2) is 3.05. The fourth-order valence-electron chi connectivity index (χ4n) is 1.77. The van der Waals surface area contributed by atoms with Crippen molar-refractivity contribution < 1.29 is 0 Å². The van der Waals surface area contributed by atoms with Gasteiger partial charge in [0.2, 0.25) is 0 Å². The van der Waals surface area contributed by atoms with Crippen LogP contribution < -0.4 is 0 Å². The first-order valence-corrected chi connectivity index (χ1v) is 4.07. The highest BCUT2D eigenvalue weighted by Crippen LogP contribution is 2.29. The molecule has 0 spiro atoms. The Morgan fingerprint density at radius 2 is 2.30 bits per heavy atom. The van der Waals surface area contributed by atoms with Crippen molar-refractivity contribution >= 4 is 0 Å². The number of rotatable bonds is 1. The molecule has 0 radical (unpaired) electrons. The summed E-state index contributed by atoms with van der Waals surface area (Å²) in [6, 6.07) is 0. The van der Waals surface area contributed by atoms with Gasteiger partial charge in [-0.2, -0.15) is 0 Å². The summed E-state index contributed by atoms with van der Waals surface area (Å²) in [7, 11) is 0. The summed E-state index contributed by atoms with van der Waals surface area (Å²) in [4.78, 5) is 0. The molecule has 10 heavy (non-hydrogen) atoms. The van der Waals surface area contributed by atoms with Gasteiger partial charge in [-0.05, 0) is 37.7 Å². The van der Waals surface area contributed by atoms with Gasteiger partial charge in [0, 0.05) is 0 Å². The predicted octanol–water partition coefficient (Wildman–Crippen LogP) is 3.31. The van der Waals surface area contributed by atoms with E-state index in [0.717, 1.165) is 5.92 Å². The number of hydrogen-bond acceptors (Lipinski definition) is 0. The molecule has 0 saturated carbocycles. The van der Waals surface area contributed by atoms with E-state index in [0.29, 0.717) is 0 Å². The van der Waals surface area contributed by atoms with Crippen molar-refractivity contribution in [3.05, 3.63) is 23.8 Å². The van der Waals surface area contributed by atoms with Gasteiger partial charge >= 0.3 is 0 Å². The average molecular weight is 136 g/mol. The molecule has 0 aromatic heterocycles. The van der Waals surface area contributed by atoms with E-state index in [1.54, 1.807) is 5.57 Å². The second-order valence-corrected chi connectivity index (χ2v) is 3.23. The zero-order valence-electron chi connectivity index (χ0n) is 6.98. The molecule has 0 nitrogen and oxygen atoms in total. The van der Waals surface area contributed by atoms with Gasteiger partial charge in [0.1, 0.15) is 0 Å². The number of allylic oxidation sites excluding steroid dienone is 3. The first-order valence-electron chi connectivity index (χ1n) is 4.07. The Balaban J connectivity index is 2.83. The minimum Gasteiger partial charge on any atom is -0.0988 e. The summed E-state index contributed by atoms with van der Waals surface area (Å²) >= 11 is 0. The van der Waals surface area contributed by atoms with E-state index in [1.807, 2.05) is 6.08 Å². The van der Waals surface area contributed by atoms with Crippen LogP contribution in [0.15, 0.2) is 23.8 Å². The SMILES string of the molecule is C=CC1=C(C)CCCC1C. The molecule has 0 aromatic carbocycles. The van der Waals surface area contributed by atoms with E-state index in [9.17, 15) is 0 Å². The molecule has 1 aliphatic rings. The van der Waals surface area contributed by atoms with Gasteiger partial charge in [0.25, 0.3) is 0 Å².